The number of sulfonamides is 1. The van der Waals surface area contributed by atoms with Gasteiger partial charge in [0, 0.05) is 19.1 Å². The van der Waals surface area contributed by atoms with E-state index in [4.69, 9.17) is 28.9 Å². The van der Waals surface area contributed by atoms with Gasteiger partial charge in [0.05, 0.1) is 4.34 Å². The minimum atomic E-state index is -3.56. The van der Waals surface area contributed by atoms with Crippen molar-refractivity contribution in [3.8, 4) is 0 Å². The van der Waals surface area contributed by atoms with E-state index in [1.54, 1.807) is 0 Å². The van der Waals surface area contributed by atoms with E-state index < -0.39 is 10.0 Å². The van der Waals surface area contributed by atoms with Crippen molar-refractivity contribution in [3.63, 3.8) is 0 Å². The maximum Gasteiger partial charge on any atom is 0.245 e. The molecular formula is C9H12Cl2N2O2S2. The largest absolute Gasteiger partial charge is 0.329 e. The Kier molecular flexibility index (Phi) is 4.02. The zero-order valence-corrected chi connectivity index (χ0v) is 12.0. The normalized spacial score (nSPS) is 22.2. The van der Waals surface area contributed by atoms with Crippen LogP contribution in [-0.4, -0.2) is 31.9 Å². The lowest BCUT2D eigenvalue weighted by Gasteiger charge is -2.22. The molecule has 1 aliphatic heterocycles. The predicted octanol–water partition coefficient (Wildman–Crippen LogP) is 2.17. The van der Waals surface area contributed by atoms with Gasteiger partial charge < -0.3 is 5.73 Å². The maximum atomic E-state index is 12.4. The molecule has 0 aliphatic carbocycles. The van der Waals surface area contributed by atoms with Crippen molar-refractivity contribution in [3.05, 3.63) is 14.7 Å². The molecule has 4 nitrogen and oxygen atoms in total. The lowest BCUT2D eigenvalue weighted by molar-refractivity contribution is 0.393. The Hall–Kier alpha value is 0.150. The summed E-state index contributed by atoms with van der Waals surface area (Å²) < 4.78 is 26.8. The predicted molar refractivity (Wildman–Crippen MR) is 70.3 cm³/mol. The van der Waals surface area contributed by atoms with E-state index in [9.17, 15) is 8.42 Å². The first-order valence-corrected chi connectivity index (χ1v) is 8.15. The lowest BCUT2D eigenvalue weighted by Crippen LogP contribution is -2.39. The first kappa shape index (κ1) is 13.6. The number of nitrogens with zero attached hydrogens (tertiary/aromatic N) is 1. The van der Waals surface area contributed by atoms with Gasteiger partial charge in [-0.05, 0) is 18.9 Å². The third-order valence-electron chi connectivity index (χ3n) is 2.81. The molecule has 1 atom stereocenters. The van der Waals surface area contributed by atoms with Crippen molar-refractivity contribution in [1.29, 1.82) is 0 Å². The SMILES string of the molecule is NCC1CCCN1S(=O)(=O)c1cc(Cl)sc1Cl. The summed E-state index contributed by atoms with van der Waals surface area (Å²) in [6.07, 6.45) is 1.63. The van der Waals surface area contributed by atoms with Gasteiger partial charge in [0.2, 0.25) is 10.0 Å². The molecule has 1 saturated heterocycles. The summed E-state index contributed by atoms with van der Waals surface area (Å²) in [6, 6.07) is 1.27. The molecule has 2 N–H and O–H groups in total. The van der Waals surface area contributed by atoms with E-state index in [0.717, 1.165) is 24.2 Å². The summed E-state index contributed by atoms with van der Waals surface area (Å²) in [5, 5.41) is 0. The number of nitrogens with two attached hydrogens (primary N) is 1. The van der Waals surface area contributed by atoms with Crippen LogP contribution in [0.4, 0.5) is 0 Å². The van der Waals surface area contributed by atoms with Crippen LogP contribution < -0.4 is 5.73 Å². The third-order valence-corrected chi connectivity index (χ3v) is 6.51. The standard InChI is InChI=1S/C9H12Cl2N2O2S2/c10-8-4-7(9(11)16-8)17(14,15)13-3-1-2-6(13)5-12/h4,6H,1-3,5,12H2. The second kappa shape index (κ2) is 5.03. The number of rotatable bonds is 3. The number of hydrogen-bond acceptors (Lipinski definition) is 4. The number of halogens is 2. The summed E-state index contributed by atoms with van der Waals surface area (Å²) in [6.45, 7) is 0.822. The third kappa shape index (κ3) is 2.47. The van der Waals surface area contributed by atoms with E-state index >= 15 is 0 Å². The van der Waals surface area contributed by atoms with Crippen LogP contribution in [0.2, 0.25) is 8.67 Å². The molecule has 0 saturated carbocycles. The highest BCUT2D eigenvalue weighted by Crippen LogP contribution is 2.37. The summed E-state index contributed by atoms with van der Waals surface area (Å²) in [7, 11) is -3.56. The molecule has 8 heteroatoms. The van der Waals surface area contributed by atoms with Gasteiger partial charge in [0.15, 0.2) is 0 Å². The molecule has 0 radical (unpaired) electrons. The highest BCUT2D eigenvalue weighted by molar-refractivity contribution is 7.89. The van der Waals surface area contributed by atoms with Gasteiger partial charge in [-0.15, -0.1) is 11.3 Å². The van der Waals surface area contributed by atoms with Gasteiger partial charge in [0.1, 0.15) is 9.23 Å². The van der Waals surface area contributed by atoms with Crippen molar-refractivity contribution in [2.45, 2.75) is 23.8 Å². The van der Waals surface area contributed by atoms with Gasteiger partial charge in [-0.2, -0.15) is 4.31 Å². The van der Waals surface area contributed by atoms with E-state index in [1.807, 2.05) is 0 Å². The van der Waals surface area contributed by atoms with Crippen molar-refractivity contribution in [2.75, 3.05) is 13.1 Å². The van der Waals surface area contributed by atoms with Crippen LogP contribution in [0.25, 0.3) is 0 Å². The monoisotopic (exact) mass is 314 g/mol. The fourth-order valence-corrected chi connectivity index (χ4v) is 5.81. The Balaban J connectivity index is 2.39. The summed E-state index contributed by atoms with van der Waals surface area (Å²) in [5.74, 6) is 0. The maximum absolute atomic E-state index is 12.4. The fourth-order valence-electron chi connectivity index (χ4n) is 1.99. The van der Waals surface area contributed by atoms with Gasteiger partial charge in [-0.1, -0.05) is 23.2 Å². The van der Waals surface area contributed by atoms with E-state index in [2.05, 4.69) is 0 Å². The minimum Gasteiger partial charge on any atom is -0.329 e. The van der Waals surface area contributed by atoms with Gasteiger partial charge >= 0.3 is 0 Å². The first-order valence-electron chi connectivity index (χ1n) is 5.13. The second-order valence-electron chi connectivity index (χ2n) is 3.84. The Morgan fingerprint density at radius 3 is 2.76 bits per heavy atom. The molecule has 0 aromatic carbocycles. The van der Waals surface area contributed by atoms with E-state index in [0.29, 0.717) is 17.4 Å². The molecular weight excluding hydrogens is 303 g/mol. The molecule has 1 aromatic rings. The van der Waals surface area contributed by atoms with Crippen LogP contribution in [0.5, 0.6) is 0 Å². The van der Waals surface area contributed by atoms with Crippen LogP contribution in [-0.2, 0) is 10.0 Å². The zero-order valence-electron chi connectivity index (χ0n) is 8.90. The molecule has 1 aromatic heterocycles. The van der Waals surface area contributed by atoms with Crippen LogP contribution in [0.1, 0.15) is 12.8 Å². The van der Waals surface area contributed by atoms with Crippen molar-refractivity contribution < 1.29 is 8.42 Å². The number of thiophene rings is 1. The molecule has 0 amide bonds. The van der Waals surface area contributed by atoms with Crippen LogP contribution >= 0.6 is 34.5 Å². The Bertz CT molecular complexity index is 515. The quantitative estimate of drug-likeness (QED) is 0.930. The van der Waals surface area contributed by atoms with E-state index in [-0.39, 0.29) is 15.3 Å². The molecule has 1 unspecified atom stereocenters. The fraction of sp³-hybridized carbons (Fsp3) is 0.556. The van der Waals surface area contributed by atoms with Gasteiger partial charge in [-0.25, -0.2) is 8.42 Å². The van der Waals surface area contributed by atoms with Gasteiger partial charge in [0.25, 0.3) is 0 Å². The van der Waals surface area contributed by atoms with Crippen LogP contribution in [0, 0.1) is 0 Å². The van der Waals surface area contributed by atoms with Crippen molar-refractivity contribution >= 4 is 44.6 Å². The van der Waals surface area contributed by atoms with Crippen LogP contribution in [0.15, 0.2) is 11.0 Å². The lowest BCUT2D eigenvalue weighted by atomic mass is 10.2. The topological polar surface area (TPSA) is 63.4 Å². The molecule has 0 bridgehead atoms. The summed E-state index contributed by atoms with van der Waals surface area (Å²) in [5.41, 5.74) is 5.58. The average molecular weight is 315 g/mol. The smallest absolute Gasteiger partial charge is 0.245 e. The first-order chi connectivity index (χ1) is 7.96. The number of hydrogen-bond donors (Lipinski definition) is 1. The zero-order chi connectivity index (χ0) is 12.6. The summed E-state index contributed by atoms with van der Waals surface area (Å²) >= 11 is 12.7. The van der Waals surface area contributed by atoms with Crippen molar-refractivity contribution in [2.24, 2.45) is 5.73 Å². The van der Waals surface area contributed by atoms with Crippen LogP contribution in [0.3, 0.4) is 0 Å². The molecule has 96 valence electrons. The van der Waals surface area contributed by atoms with E-state index in [1.165, 1.54) is 10.4 Å². The molecule has 1 aliphatic rings. The second-order valence-corrected chi connectivity index (χ2v) is 7.98. The molecule has 0 spiro atoms. The van der Waals surface area contributed by atoms with Gasteiger partial charge in [-0.3, -0.25) is 0 Å². The highest BCUT2D eigenvalue weighted by Gasteiger charge is 2.36. The Morgan fingerprint density at radius 1 is 1.53 bits per heavy atom. The Labute approximate surface area is 114 Å². The van der Waals surface area contributed by atoms with Crippen molar-refractivity contribution in [1.82, 2.24) is 4.31 Å². The molecule has 1 fully saturated rings. The Morgan fingerprint density at radius 2 is 2.24 bits per heavy atom. The average Bonchev–Trinajstić information content (AvgIpc) is 2.84. The molecule has 2 rings (SSSR count). The molecule has 2 heterocycles. The molecule has 17 heavy (non-hydrogen) atoms. The highest BCUT2D eigenvalue weighted by atomic mass is 35.5. The minimum absolute atomic E-state index is 0.0921. The summed E-state index contributed by atoms with van der Waals surface area (Å²) in [4.78, 5) is 0.0921.